The zero-order chi connectivity index (χ0) is 13.1. The molecule has 0 aliphatic carbocycles. The summed E-state index contributed by atoms with van der Waals surface area (Å²) >= 11 is 0. The standard InChI is InChI=1S/C16H18O2/c1-11(12(2)16(17)18)10-14-8-5-7-13-6-3-4-9-15(13)14/h3-9,11-12H,10H2,1-2H3,(H,17,18)/t11-,12+/m0/s1. The Morgan fingerprint density at radius 2 is 1.78 bits per heavy atom. The summed E-state index contributed by atoms with van der Waals surface area (Å²) < 4.78 is 0. The highest BCUT2D eigenvalue weighted by atomic mass is 16.4. The molecule has 0 aliphatic heterocycles. The molecular weight excluding hydrogens is 224 g/mol. The van der Waals surface area contributed by atoms with Gasteiger partial charge in [0, 0.05) is 0 Å². The largest absolute Gasteiger partial charge is 0.481 e. The summed E-state index contributed by atoms with van der Waals surface area (Å²) in [5.41, 5.74) is 1.23. The summed E-state index contributed by atoms with van der Waals surface area (Å²) in [7, 11) is 0. The van der Waals surface area contributed by atoms with E-state index in [4.69, 9.17) is 5.11 Å². The van der Waals surface area contributed by atoms with Gasteiger partial charge in [0.1, 0.15) is 0 Å². The Labute approximate surface area is 107 Å². The second-order valence-corrected chi connectivity index (χ2v) is 4.95. The van der Waals surface area contributed by atoms with Crippen LogP contribution >= 0.6 is 0 Å². The van der Waals surface area contributed by atoms with Gasteiger partial charge >= 0.3 is 5.97 Å². The fourth-order valence-electron chi connectivity index (χ4n) is 2.24. The van der Waals surface area contributed by atoms with Crippen LogP contribution in [0.1, 0.15) is 19.4 Å². The maximum absolute atomic E-state index is 11.0. The summed E-state index contributed by atoms with van der Waals surface area (Å²) in [5, 5.41) is 11.5. The first kappa shape index (κ1) is 12.6. The molecule has 2 rings (SSSR count). The number of hydrogen-bond acceptors (Lipinski definition) is 1. The number of carbonyl (C=O) groups is 1. The van der Waals surface area contributed by atoms with Crippen LogP contribution in [0.25, 0.3) is 10.8 Å². The highest BCUT2D eigenvalue weighted by molar-refractivity contribution is 5.85. The molecule has 2 heteroatoms. The van der Waals surface area contributed by atoms with Crippen LogP contribution in [-0.4, -0.2) is 11.1 Å². The van der Waals surface area contributed by atoms with Gasteiger partial charge in [-0.2, -0.15) is 0 Å². The minimum Gasteiger partial charge on any atom is -0.481 e. The molecule has 0 heterocycles. The number of rotatable bonds is 4. The fourth-order valence-corrected chi connectivity index (χ4v) is 2.24. The first-order chi connectivity index (χ1) is 8.59. The molecule has 0 amide bonds. The van der Waals surface area contributed by atoms with E-state index in [1.54, 1.807) is 6.92 Å². The van der Waals surface area contributed by atoms with Crippen molar-refractivity contribution in [2.45, 2.75) is 20.3 Å². The van der Waals surface area contributed by atoms with Crippen molar-refractivity contribution >= 4 is 16.7 Å². The molecule has 0 fully saturated rings. The quantitative estimate of drug-likeness (QED) is 0.886. The SMILES string of the molecule is C[C@@H](Cc1cccc2ccccc12)[C@@H](C)C(=O)O. The number of aliphatic carboxylic acids is 1. The molecule has 0 saturated heterocycles. The molecule has 0 bridgehead atoms. The Bertz CT molecular complexity index is 555. The smallest absolute Gasteiger partial charge is 0.306 e. The zero-order valence-corrected chi connectivity index (χ0v) is 10.8. The van der Waals surface area contributed by atoms with Gasteiger partial charge in [-0.05, 0) is 28.7 Å². The maximum Gasteiger partial charge on any atom is 0.306 e. The highest BCUT2D eigenvalue weighted by Gasteiger charge is 2.20. The van der Waals surface area contributed by atoms with Gasteiger partial charge in [0.25, 0.3) is 0 Å². The Kier molecular flexibility index (Phi) is 3.66. The zero-order valence-electron chi connectivity index (χ0n) is 10.8. The third-order valence-corrected chi connectivity index (χ3v) is 3.66. The van der Waals surface area contributed by atoms with Crippen LogP contribution in [0.3, 0.4) is 0 Å². The molecule has 0 spiro atoms. The third kappa shape index (κ3) is 2.53. The van der Waals surface area contributed by atoms with Crippen molar-refractivity contribution in [1.29, 1.82) is 0 Å². The van der Waals surface area contributed by atoms with Crippen molar-refractivity contribution in [3.8, 4) is 0 Å². The molecule has 1 N–H and O–H groups in total. The van der Waals surface area contributed by atoms with Crippen molar-refractivity contribution < 1.29 is 9.90 Å². The second-order valence-electron chi connectivity index (χ2n) is 4.95. The van der Waals surface area contributed by atoms with E-state index in [9.17, 15) is 4.79 Å². The molecule has 2 aromatic carbocycles. The lowest BCUT2D eigenvalue weighted by atomic mass is 9.88. The molecule has 94 valence electrons. The number of fused-ring (bicyclic) bond motifs is 1. The van der Waals surface area contributed by atoms with E-state index < -0.39 is 5.97 Å². The first-order valence-electron chi connectivity index (χ1n) is 6.29. The summed E-state index contributed by atoms with van der Waals surface area (Å²) in [6.07, 6.45) is 0.800. The van der Waals surface area contributed by atoms with Crippen molar-refractivity contribution in [3.63, 3.8) is 0 Å². The van der Waals surface area contributed by atoms with Gasteiger partial charge in [-0.15, -0.1) is 0 Å². The van der Waals surface area contributed by atoms with E-state index >= 15 is 0 Å². The van der Waals surface area contributed by atoms with E-state index in [1.165, 1.54) is 16.3 Å². The van der Waals surface area contributed by atoms with Crippen molar-refractivity contribution in [2.75, 3.05) is 0 Å². The average Bonchev–Trinajstić information content (AvgIpc) is 2.38. The average molecular weight is 242 g/mol. The van der Waals surface area contributed by atoms with Crippen LogP contribution < -0.4 is 0 Å². The van der Waals surface area contributed by atoms with Crippen molar-refractivity contribution in [3.05, 3.63) is 48.0 Å². The fraction of sp³-hybridized carbons (Fsp3) is 0.312. The summed E-state index contributed by atoms with van der Waals surface area (Å²) in [5.74, 6) is -0.903. The third-order valence-electron chi connectivity index (χ3n) is 3.66. The van der Waals surface area contributed by atoms with Crippen LogP contribution in [0.15, 0.2) is 42.5 Å². The summed E-state index contributed by atoms with van der Waals surface area (Å²) in [6, 6.07) is 14.5. The van der Waals surface area contributed by atoms with E-state index in [0.29, 0.717) is 0 Å². The molecule has 2 atom stereocenters. The lowest BCUT2D eigenvalue weighted by molar-refractivity contribution is -0.142. The van der Waals surface area contributed by atoms with Crippen molar-refractivity contribution in [2.24, 2.45) is 11.8 Å². The number of hydrogen-bond donors (Lipinski definition) is 1. The normalized spacial score (nSPS) is 14.3. The van der Waals surface area contributed by atoms with E-state index in [2.05, 4.69) is 24.3 Å². The molecule has 0 saturated carbocycles. The number of carboxylic acids is 1. The maximum atomic E-state index is 11.0. The molecule has 2 nitrogen and oxygen atoms in total. The van der Waals surface area contributed by atoms with Crippen LogP contribution in [0, 0.1) is 11.8 Å². The predicted molar refractivity (Wildman–Crippen MR) is 73.6 cm³/mol. The minimum atomic E-state index is -0.720. The molecule has 2 aromatic rings. The topological polar surface area (TPSA) is 37.3 Å². The lowest BCUT2D eigenvalue weighted by Crippen LogP contribution is -2.20. The van der Waals surface area contributed by atoms with E-state index in [0.717, 1.165) is 6.42 Å². The van der Waals surface area contributed by atoms with Crippen LogP contribution in [-0.2, 0) is 11.2 Å². The highest BCUT2D eigenvalue weighted by Crippen LogP contribution is 2.24. The van der Waals surface area contributed by atoms with Crippen molar-refractivity contribution in [1.82, 2.24) is 0 Å². The van der Waals surface area contributed by atoms with Gasteiger partial charge in [0.2, 0.25) is 0 Å². The monoisotopic (exact) mass is 242 g/mol. The molecule has 0 unspecified atom stereocenters. The first-order valence-corrected chi connectivity index (χ1v) is 6.29. The van der Waals surface area contributed by atoms with Crippen LogP contribution in [0.4, 0.5) is 0 Å². The Hall–Kier alpha value is -1.83. The Morgan fingerprint density at radius 3 is 2.50 bits per heavy atom. The van der Waals surface area contributed by atoms with Crippen LogP contribution in [0.5, 0.6) is 0 Å². The Morgan fingerprint density at radius 1 is 1.11 bits per heavy atom. The Balaban J connectivity index is 2.29. The van der Waals surface area contributed by atoms with Gasteiger partial charge in [-0.25, -0.2) is 0 Å². The van der Waals surface area contributed by atoms with Gasteiger partial charge in [-0.3, -0.25) is 4.79 Å². The van der Waals surface area contributed by atoms with Gasteiger partial charge in [0.05, 0.1) is 5.92 Å². The number of benzene rings is 2. The molecule has 0 radical (unpaired) electrons. The number of carboxylic acid groups (broad SMARTS) is 1. The summed E-state index contributed by atoms with van der Waals surface area (Å²) in [4.78, 5) is 11.0. The van der Waals surface area contributed by atoms with Gasteiger partial charge in [0.15, 0.2) is 0 Å². The van der Waals surface area contributed by atoms with E-state index in [-0.39, 0.29) is 11.8 Å². The molecule has 0 aromatic heterocycles. The van der Waals surface area contributed by atoms with E-state index in [1.807, 2.05) is 25.1 Å². The van der Waals surface area contributed by atoms with Gasteiger partial charge < -0.3 is 5.11 Å². The lowest BCUT2D eigenvalue weighted by Gasteiger charge is -2.17. The molecular formula is C16H18O2. The minimum absolute atomic E-state index is 0.133. The second kappa shape index (κ2) is 5.21. The molecule has 0 aliphatic rings. The van der Waals surface area contributed by atoms with Gasteiger partial charge in [-0.1, -0.05) is 56.3 Å². The summed E-state index contributed by atoms with van der Waals surface area (Å²) in [6.45, 7) is 3.78. The predicted octanol–water partition coefficient (Wildman–Crippen LogP) is 3.74. The molecule has 18 heavy (non-hydrogen) atoms. The van der Waals surface area contributed by atoms with Crippen LogP contribution in [0.2, 0.25) is 0 Å².